The molecule has 0 aliphatic carbocycles. The summed E-state index contributed by atoms with van der Waals surface area (Å²) in [5, 5.41) is 28.2. The van der Waals surface area contributed by atoms with Crippen LogP contribution in [0.4, 0.5) is 0 Å². The summed E-state index contributed by atoms with van der Waals surface area (Å²) in [7, 11) is 0. The summed E-state index contributed by atoms with van der Waals surface area (Å²) in [6.07, 6.45) is 0.415. The third kappa shape index (κ3) is 4.80. The third-order valence-electron chi connectivity index (χ3n) is 6.50. The second kappa shape index (κ2) is 10.3. The number of aliphatic imine (C=N–C) groups is 1. The molecule has 0 spiro atoms. The summed E-state index contributed by atoms with van der Waals surface area (Å²) in [4.78, 5) is 17.9. The lowest BCUT2D eigenvalue weighted by Crippen LogP contribution is -2.10. The smallest absolute Gasteiger partial charge is 0.306 e. The first-order valence-corrected chi connectivity index (χ1v) is 13.0. The maximum Gasteiger partial charge on any atom is 0.306 e. The molecule has 4 aromatic rings. The third-order valence-corrected chi connectivity index (χ3v) is 7.70. The van der Waals surface area contributed by atoms with Crippen molar-refractivity contribution in [1.29, 1.82) is 0 Å². The quantitative estimate of drug-likeness (QED) is 0.317. The number of carbonyl (C=O) groups is 1. The average Bonchev–Trinajstić information content (AvgIpc) is 3.36. The van der Waals surface area contributed by atoms with Gasteiger partial charge in [-0.25, -0.2) is 0 Å². The Hall–Kier alpha value is -3.82. The SMILES string of the molecule is Cc1sc2c(c1C)C(c1ccc(-c3cccc(OCCCO)c3)cc1)=N[C@@H](CC(=O)O)c1nnc(C)n1-2. The van der Waals surface area contributed by atoms with Gasteiger partial charge in [-0.05, 0) is 49.6 Å². The fourth-order valence-corrected chi connectivity index (χ4v) is 5.74. The van der Waals surface area contributed by atoms with E-state index >= 15 is 0 Å². The molecule has 8 nitrogen and oxygen atoms in total. The van der Waals surface area contributed by atoms with Crippen molar-refractivity contribution < 1.29 is 19.7 Å². The average molecular weight is 517 g/mol. The van der Waals surface area contributed by atoms with Gasteiger partial charge in [0.1, 0.15) is 22.6 Å². The minimum atomic E-state index is -0.935. The number of aliphatic hydroxyl groups excluding tert-OH is 1. The molecule has 1 aliphatic rings. The second-order valence-electron chi connectivity index (χ2n) is 9.03. The number of hydrogen-bond acceptors (Lipinski definition) is 7. The Balaban J connectivity index is 1.57. The zero-order valence-corrected chi connectivity index (χ0v) is 21.7. The molecule has 9 heteroatoms. The number of aryl methyl sites for hydroxylation is 2. The van der Waals surface area contributed by atoms with E-state index in [0.717, 1.165) is 44.3 Å². The topological polar surface area (TPSA) is 110 Å². The molecule has 0 bridgehead atoms. The predicted molar refractivity (Wildman–Crippen MR) is 143 cm³/mol. The Kier molecular flexibility index (Phi) is 6.90. The van der Waals surface area contributed by atoms with Crippen LogP contribution in [0.15, 0.2) is 53.5 Å². The van der Waals surface area contributed by atoms with E-state index in [1.165, 1.54) is 4.88 Å². The van der Waals surface area contributed by atoms with Crippen molar-refractivity contribution >= 4 is 23.0 Å². The number of nitrogens with zero attached hydrogens (tertiary/aromatic N) is 4. The van der Waals surface area contributed by atoms with Crippen molar-refractivity contribution in [1.82, 2.24) is 14.8 Å². The number of carboxylic acid groups (broad SMARTS) is 1. The van der Waals surface area contributed by atoms with Gasteiger partial charge in [-0.3, -0.25) is 14.4 Å². The monoisotopic (exact) mass is 516 g/mol. The number of fused-ring (bicyclic) bond motifs is 3. The maximum atomic E-state index is 11.7. The van der Waals surface area contributed by atoms with E-state index in [1.807, 2.05) is 60.0 Å². The number of aromatic nitrogens is 3. The van der Waals surface area contributed by atoms with Crippen LogP contribution in [0, 0.1) is 20.8 Å². The van der Waals surface area contributed by atoms with Gasteiger partial charge in [-0.15, -0.1) is 21.5 Å². The lowest BCUT2D eigenvalue weighted by molar-refractivity contribution is -0.137. The second-order valence-corrected chi connectivity index (χ2v) is 10.2. The molecule has 0 fully saturated rings. The molecule has 1 atom stereocenters. The Bertz CT molecular complexity index is 1490. The van der Waals surface area contributed by atoms with E-state index in [-0.39, 0.29) is 13.0 Å². The molecular weight excluding hydrogens is 488 g/mol. The van der Waals surface area contributed by atoms with E-state index < -0.39 is 12.0 Å². The highest BCUT2D eigenvalue weighted by Gasteiger charge is 2.32. The zero-order valence-electron chi connectivity index (χ0n) is 20.9. The van der Waals surface area contributed by atoms with Crippen molar-refractivity contribution in [2.24, 2.45) is 4.99 Å². The number of ether oxygens (including phenoxy) is 1. The molecule has 0 amide bonds. The molecule has 37 heavy (non-hydrogen) atoms. The van der Waals surface area contributed by atoms with Gasteiger partial charge >= 0.3 is 5.97 Å². The molecular formula is C28H28N4O4S. The number of hydrogen-bond donors (Lipinski definition) is 2. The molecule has 0 saturated carbocycles. The first-order valence-electron chi connectivity index (χ1n) is 12.1. The van der Waals surface area contributed by atoms with E-state index in [4.69, 9.17) is 14.8 Å². The summed E-state index contributed by atoms with van der Waals surface area (Å²) in [6, 6.07) is 15.4. The molecule has 3 heterocycles. The van der Waals surface area contributed by atoms with Gasteiger partial charge in [0.2, 0.25) is 0 Å². The van der Waals surface area contributed by atoms with Gasteiger partial charge in [0.25, 0.3) is 0 Å². The largest absolute Gasteiger partial charge is 0.493 e. The zero-order chi connectivity index (χ0) is 26.1. The molecule has 2 aromatic carbocycles. The Morgan fingerprint density at radius 3 is 2.54 bits per heavy atom. The van der Waals surface area contributed by atoms with Gasteiger partial charge in [0.15, 0.2) is 5.82 Å². The summed E-state index contributed by atoms with van der Waals surface area (Å²) in [5.41, 5.74) is 5.83. The molecule has 2 aromatic heterocycles. The molecule has 0 unspecified atom stereocenters. The van der Waals surface area contributed by atoms with Crippen molar-refractivity contribution in [2.45, 2.75) is 39.7 Å². The lowest BCUT2D eigenvalue weighted by atomic mass is 9.97. The van der Waals surface area contributed by atoms with E-state index in [1.54, 1.807) is 11.3 Å². The van der Waals surface area contributed by atoms with Crippen LogP contribution >= 0.6 is 11.3 Å². The Labute approximate surface area is 218 Å². The van der Waals surface area contributed by atoms with Crippen LogP contribution in [0.2, 0.25) is 0 Å². The molecule has 190 valence electrons. The normalized spacial score (nSPS) is 14.5. The van der Waals surface area contributed by atoms with Crippen molar-refractivity contribution in [3.05, 3.63) is 81.7 Å². The highest BCUT2D eigenvalue weighted by molar-refractivity contribution is 7.15. The molecule has 5 rings (SSSR count). The lowest BCUT2D eigenvalue weighted by Gasteiger charge is -2.12. The summed E-state index contributed by atoms with van der Waals surface area (Å²) in [5.74, 6) is 1.08. The predicted octanol–water partition coefficient (Wildman–Crippen LogP) is 5.05. The van der Waals surface area contributed by atoms with Crippen LogP contribution in [0.3, 0.4) is 0 Å². The van der Waals surface area contributed by atoms with Crippen LogP contribution < -0.4 is 4.74 Å². The number of thiophene rings is 1. The Morgan fingerprint density at radius 1 is 1.05 bits per heavy atom. The first-order chi connectivity index (χ1) is 17.9. The van der Waals surface area contributed by atoms with Crippen LogP contribution in [0.5, 0.6) is 5.75 Å². The van der Waals surface area contributed by atoms with E-state index in [2.05, 4.69) is 24.0 Å². The minimum absolute atomic E-state index is 0.0979. The first kappa shape index (κ1) is 24.9. The molecule has 1 aliphatic heterocycles. The van der Waals surface area contributed by atoms with Crippen LogP contribution in [-0.4, -0.2) is 49.9 Å². The minimum Gasteiger partial charge on any atom is -0.493 e. The highest BCUT2D eigenvalue weighted by atomic mass is 32.1. The maximum absolute atomic E-state index is 11.7. The van der Waals surface area contributed by atoms with Gasteiger partial charge in [0, 0.05) is 29.0 Å². The van der Waals surface area contributed by atoms with E-state index in [9.17, 15) is 9.90 Å². The Morgan fingerprint density at radius 2 is 1.81 bits per heavy atom. The van der Waals surface area contributed by atoms with Gasteiger partial charge in [0.05, 0.1) is 18.7 Å². The summed E-state index contributed by atoms with van der Waals surface area (Å²) >= 11 is 1.65. The number of aliphatic hydroxyl groups is 1. The van der Waals surface area contributed by atoms with E-state index in [0.29, 0.717) is 24.7 Å². The van der Waals surface area contributed by atoms with Gasteiger partial charge in [-0.2, -0.15) is 0 Å². The fraction of sp³-hybridized carbons (Fsp3) is 0.286. The number of rotatable bonds is 8. The van der Waals surface area contributed by atoms with Crippen LogP contribution in [-0.2, 0) is 4.79 Å². The van der Waals surface area contributed by atoms with Crippen LogP contribution in [0.25, 0.3) is 16.1 Å². The van der Waals surface area contributed by atoms with Gasteiger partial charge in [-0.1, -0.05) is 36.4 Å². The number of carboxylic acids is 1. The number of benzene rings is 2. The molecule has 0 saturated heterocycles. The van der Waals surface area contributed by atoms with Crippen molar-refractivity contribution in [3.8, 4) is 21.9 Å². The van der Waals surface area contributed by atoms with Crippen molar-refractivity contribution in [2.75, 3.05) is 13.2 Å². The van der Waals surface area contributed by atoms with Crippen molar-refractivity contribution in [3.63, 3.8) is 0 Å². The van der Waals surface area contributed by atoms with Crippen LogP contribution in [0.1, 0.15) is 52.1 Å². The number of aliphatic carboxylic acids is 1. The summed E-state index contributed by atoms with van der Waals surface area (Å²) in [6.45, 7) is 6.60. The van der Waals surface area contributed by atoms with Gasteiger partial charge < -0.3 is 14.9 Å². The highest BCUT2D eigenvalue weighted by Crippen LogP contribution is 2.39. The summed E-state index contributed by atoms with van der Waals surface area (Å²) < 4.78 is 7.69. The fourth-order valence-electron chi connectivity index (χ4n) is 4.53. The molecule has 0 radical (unpaired) electrons. The molecule has 2 N–H and O–H groups in total. The standard InChI is InChI=1S/C28H28N4O4S/c1-16-17(2)37-28-25(16)26(29-23(15-24(34)35)27-31-30-18(3)32(27)28)20-10-8-19(9-11-20)21-6-4-7-22(14-21)36-13-5-12-33/h4,6-11,14,23,33H,5,12-13,15H2,1-3H3,(H,34,35)/t23-/m0/s1.